The van der Waals surface area contributed by atoms with E-state index in [1.807, 2.05) is 50.2 Å². The van der Waals surface area contributed by atoms with Crippen molar-refractivity contribution in [3.05, 3.63) is 71.8 Å². The summed E-state index contributed by atoms with van der Waals surface area (Å²) in [5.74, 6) is -0.230. The zero-order chi connectivity index (χ0) is 33.8. The van der Waals surface area contributed by atoms with Gasteiger partial charge in [0.1, 0.15) is 11.6 Å². The number of carbonyl (C=O) groups is 3. The van der Waals surface area contributed by atoms with Crippen LogP contribution in [0.4, 0.5) is 0 Å². The average molecular weight is 649 g/mol. The molecule has 0 saturated carbocycles. The molecule has 2 fully saturated rings. The van der Waals surface area contributed by atoms with Crippen molar-refractivity contribution in [1.82, 2.24) is 20.9 Å². The fourth-order valence-electron chi connectivity index (χ4n) is 6.29. The highest BCUT2D eigenvalue weighted by atomic mass is 16.6. The van der Waals surface area contributed by atoms with Crippen LogP contribution in [0, 0.1) is 11.8 Å². The van der Waals surface area contributed by atoms with E-state index >= 15 is 0 Å². The number of amides is 2. The van der Waals surface area contributed by atoms with Gasteiger partial charge in [-0.25, -0.2) is 0 Å². The first-order valence-electron chi connectivity index (χ1n) is 17.5. The number of hydrogen-bond donors (Lipinski definition) is 3. The monoisotopic (exact) mass is 648 g/mol. The van der Waals surface area contributed by atoms with Gasteiger partial charge >= 0.3 is 0 Å². The molecule has 2 saturated heterocycles. The number of nitrogens with zero attached hydrogens (tertiary/aromatic N) is 1. The van der Waals surface area contributed by atoms with Crippen molar-refractivity contribution < 1.29 is 23.9 Å². The molecular weight excluding hydrogens is 592 g/mol. The molecule has 258 valence electrons. The van der Waals surface area contributed by atoms with Crippen molar-refractivity contribution in [2.45, 2.75) is 96.5 Å². The standard InChI is InChI=1S/C38H56N4O5/c1-27(2)22-32(35(43)38(5)26-47-38)40-37(45)34(24-30-14-10-7-11-15-30)41-36(44)33(23-28(3)4)39-25-31(42-18-20-46-21-19-42)17-16-29-12-8-6-9-13-29/h6-15,27-28,31-34,39H,16-26H2,1-5H3,(H,40,45)(H,41,44). The van der Waals surface area contributed by atoms with E-state index in [4.69, 9.17) is 9.47 Å². The van der Waals surface area contributed by atoms with Crippen molar-refractivity contribution in [2.24, 2.45) is 11.8 Å². The Labute approximate surface area is 281 Å². The summed E-state index contributed by atoms with van der Waals surface area (Å²) in [5.41, 5.74) is 1.38. The SMILES string of the molecule is CC(C)CC(NCC(CCc1ccccc1)N1CCOCC1)C(=O)NC(Cc1ccccc1)C(=O)NC(CC(C)C)C(=O)C1(C)CO1. The minimum Gasteiger partial charge on any atom is -0.379 e. The zero-order valence-electron chi connectivity index (χ0n) is 29.0. The van der Waals surface area contributed by atoms with Gasteiger partial charge in [-0.3, -0.25) is 19.3 Å². The highest BCUT2D eigenvalue weighted by Gasteiger charge is 2.50. The highest BCUT2D eigenvalue weighted by Crippen LogP contribution is 2.29. The second-order valence-electron chi connectivity index (χ2n) is 14.2. The van der Waals surface area contributed by atoms with Gasteiger partial charge < -0.3 is 25.4 Å². The Hall–Kier alpha value is -3.11. The smallest absolute Gasteiger partial charge is 0.243 e. The van der Waals surface area contributed by atoms with Crippen LogP contribution in [-0.4, -0.2) is 91.7 Å². The molecule has 9 nitrogen and oxygen atoms in total. The van der Waals surface area contributed by atoms with E-state index in [2.05, 4.69) is 59.0 Å². The van der Waals surface area contributed by atoms with Crippen molar-refractivity contribution in [1.29, 1.82) is 0 Å². The highest BCUT2D eigenvalue weighted by molar-refractivity contribution is 5.98. The molecule has 0 aliphatic carbocycles. The molecule has 47 heavy (non-hydrogen) atoms. The van der Waals surface area contributed by atoms with Crippen molar-refractivity contribution in [3.63, 3.8) is 0 Å². The molecule has 2 aliphatic rings. The van der Waals surface area contributed by atoms with Gasteiger partial charge in [-0.15, -0.1) is 0 Å². The summed E-state index contributed by atoms with van der Waals surface area (Å²) < 4.78 is 11.1. The molecule has 2 amide bonds. The second-order valence-corrected chi connectivity index (χ2v) is 14.2. The lowest BCUT2D eigenvalue weighted by Crippen LogP contribution is -2.58. The fourth-order valence-corrected chi connectivity index (χ4v) is 6.29. The Morgan fingerprint density at radius 3 is 1.89 bits per heavy atom. The van der Waals surface area contributed by atoms with Crippen LogP contribution in [0.25, 0.3) is 0 Å². The predicted octanol–water partition coefficient (Wildman–Crippen LogP) is 3.94. The van der Waals surface area contributed by atoms with Crippen LogP contribution in [0.1, 0.15) is 65.0 Å². The second kappa shape index (κ2) is 17.9. The first-order chi connectivity index (χ1) is 22.5. The Bertz CT molecular complexity index is 1260. The van der Waals surface area contributed by atoms with E-state index in [1.54, 1.807) is 6.92 Å². The normalized spacial score (nSPS) is 20.7. The number of nitrogens with one attached hydrogen (secondary N) is 3. The Morgan fingerprint density at radius 2 is 1.32 bits per heavy atom. The van der Waals surface area contributed by atoms with Crippen molar-refractivity contribution in [3.8, 4) is 0 Å². The number of aryl methyl sites for hydroxylation is 1. The lowest BCUT2D eigenvalue weighted by molar-refractivity contribution is -0.133. The van der Waals surface area contributed by atoms with E-state index < -0.39 is 23.7 Å². The van der Waals surface area contributed by atoms with Gasteiger partial charge in [-0.05, 0) is 55.6 Å². The summed E-state index contributed by atoms with van der Waals surface area (Å²) in [6.07, 6.45) is 3.35. The quantitative estimate of drug-likeness (QED) is 0.198. The number of morpholine rings is 1. The molecule has 2 aliphatic heterocycles. The van der Waals surface area contributed by atoms with Crippen LogP contribution >= 0.6 is 0 Å². The summed E-state index contributed by atoms with van der Waals surface area (Å²) >= 11 is 0. The molecule has 0 radical (unpaired) electrons. The van der Waals surface area contributed by atoms with Crippen LogP contribution in [0.3, 0.4) is 0 Å². The maximum atomic E-state index is 14.0. The van der Waals surface area contributed by atoms with Gasteiger partial charge in [0.15, 0.2) is 5.78 Å². The van der Waals surface area contributed by atoms with E-state index in [9.17, 15) is 14.4 Å². The molecule has 2 heterocycles. The van der Waals surface area contributed by atoms with Crippen LogP contribution in [0.2, 0.25) is 0 Å². The molecule has 0 aromatic heterocycles. The molecule has 0 spiro atoms. The van der Waals surface area contributed by atoms with E-state index in [0.29, 0.717) is 45.6 Å². The molecule has 4 rings (SSSR count). The molecule has 3 N–H and O–H groups in total. The number of epoxide rings is 1. The zero-order valence-corrected chi connectivity index (χ0v) is 29.0. The molecule has 2 aromatic rings. The number of ketones is 1. The minimum absolute atomic E-state index is 0.117. The maximum absolute atomic E-state index is 14.0. The third kappa shape index (κ3) is 11.8. The molecule has 5 unspecified atom stereocenters. The summed E-state index contributed by atoms with van der Waals surface area (Å²) in [4.78, 5) is 43.7. The molecule has 2 aromatic carbocycles. The van der Waals surface area contributed by atoms with Crippen LogP contribution < -0.4 is 16.0 Å². The number of Topliss-reactive ketones (excluding diaryl/α,β-unsaturated/α-hetero) is 1. The first-order valence-corrected chi connectivity index (χ1v) is 17.5. The maximum Gasteiger partial charge on any atom is 0.243 e. The predicted molar refractivity (Wildman–Crippen MR) is 185 cm³/mol. The van der Waals surface area contributed by atoms with E-state index in [1.165, 1.54) is 5.56 Å². The van der Waals surface area contributed by atoms with Crippen molar-refractivity contribution >= 4 is 17.6 Å². The third-order valence-corrected chi connectivity index (χ3v) is 9.15. The molecular formula is C38H56N4O5. The Kier molecular flexibility index (Phi) is 14.0. The van der Waals surface area contributed by atoms with E-state index in [0.717, 1.165) is 31.5 Å². The Balaban J connectivity index is 1.48. The number of carbonyl (C=O) groups excluding carboxylic acids is 3. The van der Waals surface area contributed by atoms with Gasteiger partial charge in [0.05, 0.1) is 31.9 Å². The third-order valence-electron chi connectivity index (χ3n) is 9.15. The minimum atomic E-state index is -0.852. The van der Waals surface area contributed by atoms with Gasteiger partial charge in [-0.2, -0.15) is 0 Å². The van der Waals surface area contributed by atoms with Crippen molar-refractivity contribution in [2.75, 3.05) is 39.5 Å². The topological polar surface area (TPSA) is 112 Å². The molecule has 5 atom stereocenters. The van der Waals surface area contributed by atoms with Crippen LogP contribution in [-0.2, 0) is 36.7 Å². The van der Waals surface area contributed by atoms with Gasteiger partial charge in [0.2, 0.25) is 11.8 Å². The summed E-state index contributed by atoms with van der Waals surface area (Å²) in [6.45, 7) is 14.2. The Morgan fingerprint density at radius 1 is 0.787 bits per heavy atom. The summed E-state index contributed by atoms with van der Waals surface area (Å²) in [5, 5.41) is 9.71. The summed E-state index contributed by atoms with van der Waals surface area (Å²) in [7, 11) is 0. The van der Waals surface area contributed by atoms with Crippen LogP contribution in [0.5, 0.6) is 0 Å². The first kappa shape index (κ1) is 36.7. The lowest BCUT2D eigenvalue weighted by atomic mass is 9.93. The van der Waals surface area contributed by atoms with Gasteiger partial charge in [0.25, 0.3) is 0 Å². The largest absolute Gasteiger partial charge is 0.379 e. The number of benzene rings is 2. The van der Waals surface area contributed by atoms with Gasteiger partial charge in [0, 0.05) is 32.1 Å². The average Bonchev–Trinajstić information content (AvgIpc) is 3.82. The summed E-state index contributed by atoms with van der Waals surface area (Å²) in [6, 6.07) is 18.4. The van der Waals surface area contributed by atoms with Gasteiger partial charge in [-0.1, -0.05) is 88.4 Å². The number of hydrogen-bond acceptors (Lipinski definition) is 7. The molecule has 9 heteroatoms. The molecule has 0 bridgehead atoms. The number of rotatable bonds is 19. The fraction of sp³-hybridized carbons (Fsp3) is 0.605. The number of ether oxygens (including phenoxy) is 2. The lowest BCUT2D eigenvalue weighted by Gasteiger charge is -2.36. The van der Waals surface area contributed by atoms with Crippen LogP contribution in [0.15, 0.2) is 60.7 Å². The van der Waals surface area contributed by atoms with E-state index in [-0.39, 0.29) is 35.5 Å².